The van der Waals surface area contributed by atoms with Gasteiger partial charge < -0.3 is 4.74 Å². The summed E-state index contributed by atoms with van der Waals surface area (Å²) < 4.78 is 7.45. The summed E-state index contributed by atoms with van der Waals surface area (Å²) in [5, 5.41) is 24.8. The Labute approximate surface area is 157 Å². The number of aromatic nitrogens is 9. The van der Waals surface area contributed by atoms with E-state index in [1.165, 1.54) is 33.4 Å². The molecule has 0 aliphatic carbocycles. The summed E-state index contributed by atoms with van der Waals surface area (Å²) in [7, 11) is 1.54. The topological polar surface area (TPSA) is 136 Å². The molecule has 0 amide bonds. The molecule has 0 unspecified atom stereocenters. The molecule has 4 rings (SSSR count). The van der Waals surface area contributed by atoms with Gasteiger partial charge in [0.1, 0.15) is 11.0 Å². The number of fused-ring (bicyclic) bond motifs is 2. The van der Waals surface area contributed by atoms with E-state index < -0.39 is 0 Å². The van der Waals surface area contributed by atoms with Crippen LogP contribution in [0.5, 0.6) is 0 Å². The lowest BCUT2D eigenvalue weighted by Gasteiger charge is -2.12. The molecular formula is C16H17N9O3. The number of hydrogen-bond acceptors (Lipinski definition) is 9. The SMILES string of the molecule is COCCn1nnc2cc3c(=O)n([C@H](C)Cn4nccn4)nnc3cc2c1=O. The van der Waals surface area contributed by atoms with Crippen LogP contribution in [0, 0.1) is 0 Å². The second kappa shape index (κ2) is 7.23. The minimum Gasteiger partial charge on any atom is -0.383 e. The van der Waals surface area contributed by atoms with Gasteiger partial charge in [-0.1, -0.05) is 10.4 Å². The Bertz CT molecular complexity index is 1250. The first-order valence-electron chi connectivity index (χ1n) is 8.58. The molecule has 0 radical (unpaired) electrons. The Kier molecular flexibility index (Phi) is 4.61. The van der Waals surface area contributed by atoms with E-state index in [4.69, 9.17) is 4.74 Å². The molecule has 0 fully saturated rings. The first kappa shape index (κ1) is 17.9. The van der Waals surface area contributed by atoms with Gasteiger partial charge in [-0.15, -0.1) is 10.2 Å². The Morgan fingerprint density at radius 2 is 1.64 bits per heavy atom. The van der Waals surface area contributed by atoms with E-state index >= 15 is 0 Å². The molecule has 28 heavy (non-hydrogen) atoms. The molecule has 144 valence electrons. The molecule has 0 aliphatic rings. The summed E-state index contributed by atoms with van der Waals surface area (Å²) in [6.45, 7) is 2.80. The van der Waals surface area contributed by atoms with Crippen LogP contribution in [0.2, 0.25) is 0 Å². The van der Waals surface area contributed by atoms with Crippen molar-refractivity contribution in [1.29, 1.82) is 0 Å². The number of hydrogen-bond donors (Lipinski definition) is 0. The molecule has 0 aliphatic heterocycles. The first-order chi connectivity index (χ1) is 13.6. The van der Waals surface area contributed by atoms with Crippen molar-refractivity contribution in [2.75, 3.05) is 13.7 Å². The predicted octanol–water partition coefficient (Wildman–Crippen LogP) is -0.604. The van der Waals surface area contributed by atoms with E-state index in [9.17, 15) is 9.59 Å². The minimum absolute atomic E-state index is 0.280. The van der Waals surface area contributed by atoms with Gasteiger partial charge in [0.15, 0.2) is 0 Å². The molecule has 0 saturated carbocycles. The van der Waals surface area contributed by atoms with Crippen molar-refractivity contribution < 1.29 is 4.74 Å². The van der Waals surface area contributed by atoms with Gasteiger partial charge in [-0.05, 0) is 19.1 Å². The number of ether oxygens (including phenoxy) is 1. The van der Waals surface area contributed by atoms with Crippen LogP contribution in [0.15, 0.2) is 34.1 Å². The van der Waals surface area contributed by atoms with Crippen LogP contribution in [0.4, 0.5) is 0 Å². The Morgan fingerprint density at radius 1 is 1.00 bits per heavy atom. The van der Waals surface area contributed by atoms with Crippen LogP contribution in [0.1, 0.15) is 13.0 Å². The van der Waals surface area contributed by atoms with E-state index in [-0.39, 0.29) is 23.7 Å². The highest BCUT2D eigenvalue weighted by atomic mass is 16.5. The molecule has 4 aromatic rings. The average molecular weight is 383 g/mol. The van der Waals surface area contributed by atoms with E-state index in [1.54, 1.807) is 12.4 Å². The van der Waals surface area contributed by atoms with Crippen molar-refractivity contribution in [3.63, 3.8) is 0 Å². The Morgan fingerprint density at radius 3 is 2.32 bits per heavy atom. The van der Waals surface area contributed by atoms with Crippen LogP contribution in [0.3, 0.4) is 0 Å². The zero-order valence-electron chi connectivity index (χ0n) is 15.3. The van der Waals surface area contributed by atoms with Gasteiger partial charge in [0.05, 0.1) is 48.9 Å². The summed E-state index contributed by atoms with van der Waals surface area (Å²) >= 11 is 0. The maximum absolute atomic E-state index is 12.9. The number of methoxy groups -OCH3 is 1. The molecule has 12 nitrogen and oxygen atoms in total. The van der Waals surface area contributed by atoms with Gasteiger partial charge >= 0.3 is 0 Å². The minimum atomic E-state index is -0.336. The summed E-state index contributed by atoms with van der Waals surface area (Å²) in [6.07, 6.45) is 3.12. The van der Waals surface area contributed by atoms with Gasteiger partial charge in [-0.3, -0.25) is 9.59 Å². The molecular weight excluding hydrogens is 366 g/mol. The standard InChI is InChI=1S/C16H17N9O3/c1-10(9-24-17-3-4-18-24)25-16(27)12-8-13-11(7-14(12)20-22-25)15(26)23(21-19-13)5-6-28-2/h3-4,7-8,10H,5-6,9H2,1-2H3/t10-/m1/s1. The second-order valence-electron chi connectivity index (χ2n) is 6.27. The second-order valence-corrected chi connectivity index (χ2v) is 6.27. The Hall–Kier alpha value is -3.54. The quantitative estimate of drug-likeness (QED) is 0.400. The summed E-state index contributed by atoms with van der Waals surface area (Å²) in [4.78, 5) is 26.9. The summed E-state index contributed by atoms with van der Waals surface area (Å²) in [5.41, 5.74) is -0.0178. The van der Waals surface area contributed by atoms with Crippen LogP contribution < -0.4 is 11.1 Å². The number of rotatable bonds is 6. The van der Waals surface area contributed by atoms with Crippen molar-refractivity contribution in [1.82, 2.24) is 45.0 Å². The molecule has 3 aromatic heterocycles. The van der Waals surface area contributed by atoms with Crippen LogP contribution in [-0.4, -0.2) is 58.7 Å². The lowest BCUT2D eigenvalue weighted by Crippen LogP contribution is -2.30. The molecule has 1 aromatic carbocycles. The molecule has 12 heteroatoms. The third-order valence-corrected chi connectivity index (χ3v) is 4.35. The first-order valence-corrected chi connectivity index (χ1v) is 8.58. The fourth-order valence-electron chi connectivity index (χ4n) is 2.89. The molecule has 0 spiro atoms. The highest BCUT2D eigenvalue weighted by Gasteiger charge is 2.15. The summed E-state index contributed by atoms with van der Waals surface area (Å²) in [6, 6.07) is 2.72. The zero-order valence-corrected chi connectivity index (χ0v) is 15.3. The van der Waals surface area contributed by atoms with Gasteiger partial charge in [0.25, 0.3) is 11.1 Å². The third-order valence-electron chi connectivity index (χ3n) is 4.35. The number of benzene rings is 1. The Balaban J connectivity index is 1.79. The number of nitrogens with zero attached hydrogens (tertiary/aromatic N) is 9. The zero-order chi connectivity index (χ0) is 19.7. The van der Waals surface area contributed by atoms with E-state index in [0.717, 1.165) is 0 Å². The van der Waals surface area contributed by atoms with Gasteiger partial charge in [-0.2, -0.15) is 15.0 Å². The van der Waals surface area contributed by atoms with Gasteiger partial charge in [0, 0.05) is 7.11 Å². The van der Waals surface area contributed by atoms with Crippen molar-refractivity contribution in [3.8, 4) is 0 Å². The fraction of sp³-hybridized carbons (Fsp3) is 0.375. The van der Waals surface area contributed by atoms with Crippen molar-refractivity contribution in [2.45, 2.75) is 26.1 Å². The van der Waals surface area contributed by atoms with E-state index in [0.29, 0.717) is 35.0 Å². The van der Waals surface area contributed by atoms with Gasteiger partial charge in [-0.25, -0.2) is 9.36 Å². The molecule has 0 N–H and O–H groups in total. The van der Waals surface area contributed by atoms with Crippen molar-refractivity contribution in [3.05, 3.63) is 45.2 Å². The van der Waals surface area contributed by atoms with Crippen LogP contribution in [-0.2, 0) is 17.8 Å². The maximum Gasteiger partial charge on any atom is 0.277 e. The molecule has 3 heterocycles. The third kappa shape index (κ3) is 3.13. The maximum atomic E-state index is 12.9. The monoisotopic (exact) mass is 383 g/mol. The van der Waals surface area contributed by atoms with E-state index in [2.05, 4.69) is 30.8 Å². The van der Waals surface area contributed by atoms with Crippen molar-refractivity contribution >= 4 is 21.8 Å². The van der Waals surface area contributed by atoms with Crippen LogP contribution >= 0.6 is 0 Å². The summed E-state index contributed by atoms with van der Waals surface area (Å²) in [5.74, 6) is 0. The molecule has 0 bridgehead atoms. The highest BCUT2D eigenvalue weighted by Crippen LogP contribution is 2.14. The predicted molar refractivity (Wildman–Crippen MR) is 97.8 cm³/mol. The normalized spacial score (nSPS) is 12.6. The average Bonchev–Trinajstić information content (AvgIpc) is 3.20. The molecule has 0 saturated heterocycles. The molecule has 1 atom stereocenters. The van der Waals surface area contributed by atoms with Gasteiger partial charge in [0.2, 0.25) is 0 Å². The highest BCUT2D eigenvalue weighted by molar-refractivity contribution is 5.93. The fourth-order valence-corrected chi connectivity index (χ4v) is 2.89. The van der Waals surface area contributed by atoms with Crippen LogP contribution in [0.25, 0.3) is 21.8 Å². The largest absolute Gasteiger partial charge is 0.383 e. The van der Waals surface area contributed by atoms with Crippen molar-refractivity contribution in [2.24, 2.45) is 0 Å². The van der Waals surface area contributed by atoms with E-state index in [1.807, 2.05) is 6.92 Å². The lowest BCUT2D eigenvalue weighted by atomic mass is 10.2. The smallest absolute Gasteiger partial charge is 0.277 e. The lowest BCUT2D eigenvalue weighted by molar-refractivity contribution is 0.181.